The van der Waals surface area contributed by atoms with Gasteiger partial charge >= 0.3 is 6.03 Å². The minimum atomic E-state index is -2.72. The predicted octanol–water partition coefficient (Wildman–Crippen LogP) is 5.54. The van der Waals surface area contributed by atoms with Gasteiger partial charge in [-0.05, 0) is 73.1 Å². The number of nitrogens with one attached hydrogen (secondary N) is 1. The molecule has 6 rings (SSSR count). The van der Waals surface area contributed by atoms with Crippen LogP contribution < -0.4 is 10.1 Å². The molecule has 1 aliphatic carbocycles. The third kappa shape index (κ3) is 5.02. The number of carbonyl (C=O) groups excluding carboxylic acids is 2. The fraction of sp³-hybridized carbons (Fsp3) is 0.448. The van der Waals surface area contributed by atoms with Crippen LogP contribution in [0.25, 0.3) is 0 Å². The number of alkyl halides is 2. The first-order valence-corrected chi connectivity index (χ1v) is 14.3. The largest absolute Gasteiger partial charge is 0.488 e. The minimum absolute atomic E-state index is 0.0529. The molecule has 1 aromatic heterocycles. The van der Waals surface area contributed by atoms with Crippen LogP contribution in [0, 0.1) is 18.2 Å². The summed E-state index contributed by atoms with van der Waals surface area (Å²) >= 11 is 1.21. The summed E-state index contributed by atoms with van der Waals surface area (Å²) < 4.78 is 52.0. The number of benzene rings is 2. The van der Waals surface area contributed by atoms with Crippen molar-refractivity contribution in [1.82, 2.24) is 19.2 Å². The number of likely N-dealkylation sites (tertiary alicyclic amines) is 2. The van der Waals surface area contributed by atoms with Gasteiger partial charge in [-0.15, -0.1) is 0 Å². The molecule has 0 unspecified atom stereocenters. The van der Waals surface area contributed by atoms with Crippen LogP contribution in [0.2, 0.25) is 0 Å². The van der Waals surface area contributed by atoms with Crippen molar-refractivity contribution in [1.29, 1.82) is 0 Å². The van der Waals surface area contributed by atoms with Crippen molar-refractivity contribution < 1.29 is 27.5 Å². The van der Waals surface area contributed by atoms with E-state index in [0.717, 1.165) is 12.8 Å². The Morgan fingerprint density at radius 3 is 2.56 bits per heavy atom. The Bertz CT molecular complexity index is 1470. The smallest absolute Gasteiger partial charge is 0.321 e. The number of hydrogen-bond donors (Lipinski definition) is 1. The summed E-state index contributed by atoms with van der Waals surface area (Å²) in [4.78, 5) is 32.9. The Labute approximate surface area is 239 Å². The number of urea groups is 1. The Hall–Kier alpha value is -3.67. The molecular formula is C29H30F3N5O3S. The normalized spacial score (nSPS) is 21.6. The maximum absolute atomic E-state index is 14.6. The van der Waals surface area contributed by atoms with Crippen molar-refractivity contribution in [3.63, 3.8) is 0 Å². The summed E-state index contributed by atoms with van der Waals surface area (Å²) in [6.45, 7) is 5.21. The SMILES string of the molecule is CC(=O)N1CC2(CC(Oc3ccc(C(F)F)cc3NC(=O)N3CC[C@@](c4ccc(C)c(F)c4)(c4ncns4)C3)C2)C1. The lowest BCUT2D eigenvalue weighted by Crippen LogP contribution is -2.65. The van der Waals surface area contributed by atoms with Gasteiger partial charge in [-0.25, -0.2) is 22.9 Å². The molecule has 3 heterocycles. The molecule has 3 fully saturated rings. The topological polar surface area (TPSA) is 87.7 Å². The van der Waals surface area contributed by atoms with Crippen LogP contribution in [0.4, 0.5) is 23.7 Å². The van der Waals surface area contributed by atoms with Crippen LogP contribution in [0.1, 0.15) is 54.3 Å². The Morgan fingerprint density at radius 2 is 1.90 bits per heavy atom. The van der Waals surface area contributed by atoms with Crippen LogP contribution in [0.3, 0.4) is 0 Å². The zero-order valence-corrected chi connectivity index (χ0v) is 23.5. The summed E-state index contributed by atoms with van der Waals surface area (Å²) in [6.07, 6.45) is 0.604. The first kappa shape index (κ1) is 27.5. The number of aryl methyl sites for hydroxylation is 1. The van der Waals surface area contributed by atoms with E-state index in [1.807, 2.05) is 6.07 Å². The Kier molecular flexibility index (Phi) is 6.91. The number of hydrogen-bond acceptors (Lipinski definition) is 6. The highest BCUT2D eigenvalue weighted by Gasteiger charge is 2.54. The molecule has 3 aliphatic rings. The van der Waals surface area contributed by atoms with E-state index in [-0.39, 0.29) is 41.0 Å². The second-order valence-electron chi connectivity index (χ2n) is 11.5. The number of nitrogens with zero attached hydrogens (tertiary/aromatic N) is 4. The quantitative estimate of drug-likeness (QED) is 0.411. The van der Waals surface area contributed by atoms with E-state index in [9.17, 15) is 22.8 Å². The van der Waals surface area contributed by atoms with Gasteiger partial charge in [-0.3, -0.25) is 4.79 Å². The molecule has 216 valence electrons. The first-order valence-electron chi connectivity index (χ1n) is 13.5. The molecular weight excluding hydrogens is 555 g/mol. The number of carbonyl (C=O) groups is 2. The van der Waals surface area contributed by atoms with Gasteiger partial charge < -0.3 is 19.9 Å². The lowest BCUT2D eigenvalue weighted by atomic mass is 9.61. The van der Waals surface area contributed by atoms with E-state index in [1.165, 1.54) is 42.1 Å². The van der Waals surface area contributed by atoms with Crippen LogP contribution in [0.15, 0.2) is 42.7 Å². The standard InChI is InChI=1S/C29H30F3N5O3S/c1-17-3-5-20(10-22(17)30)29(26-33-16-34-41-26)7-8-36(15-29)27(39)35-23-9-19(25(31)32)4-6-24(23)40-21-11-28(12-21)13-37(14-28)18(2)38/h3-6,9-10,16,21,25H,7-8,11-15H2,1-2H3,(H,35,39)/t29-/m1/s1. The fourth-order valence-electron chi connectivity index (χ4n) is 6.28. The maximum atomic E-state index is 14.6. The highest BCUT2D eigenvalue weighted by Crippen LogP contribution is 2.50. The highest BCUT2D eigenvalue weighted by molar-refractivity contribution is 7.05. The molecule has 41 heavy (non-hydrogen) atoms. The summed E-state index contributed by atoms with van der Waals surface area (Å²) in [6, 6.07) is 8.59. The van der Waals surface area contributed by atoms with Crippen molar-refractivity contribution in [2.45, 2.75) is 51.1 Å². The molecule has 3 aromatic rings. The summed E-state index contributed by atoms with van der Waals surface area (Å²) in [5.74, 6) is 0.0336. The van der Waals surface area contributed by atoms with Crippen molar-refractivity contribution in [3.8, 4) is 5.75 Å². The molecule has 1 spiro atoms. The van der Waals surface area contributed by atoms with Crippen molar-refractivity contribution in [2.24, 2.45) is 5.41 Å². The van der Waals surface area contributed by atoms with Gasteiger partial charge in [0.1, 0.15) is 29.0 Å². The summed E-state index contributed by atoms with van der Waals surface area (Å²) in [5.41, 5.74) is 0.479. The average molecular weight is 586 g/mol. The zero-order chi connectivity index (χ0) is 28.9. The van der Waals surface area contributed by atoms with Crippen molar-refractivity contribution in [2.75, 3.05) is 31.5 Å². The van der Waals surface area contributed by atoms with Gasteiger partial charge in [0.2, 0.25) is 5.91 Å². The zero-order valence-electron chi connectivity index (χ0n) is 22.7. The van der Waals surface area contributed by atoms with Gasteiger partial charge in [0.15, 0.2) is 0 Å². The first-order chi connectivity index (χ1) is 19.6. The lowest BCUT2D eigenvalue weighted by Gasteiger charge is -2.58. The van der Waals surface area contributed by atoms with E-state index in [4.69, 9.17) is 4.74 Å². The molecule has 8 nitrogen and oxygen atoms in total. The van der Waals surface area contributed by atoms with Crippen LogP contribution in [-0.4, -0.2) is 63.4 Å². The molecule has 1 saturated carbocycles. The van der Waals surface area contributed by atoms with Gasteiger partial charge in [0.25, 0.3) is 6.43 Å². The van der Waals surface area contributed by atoms with Crippen molar-refractivity contribution >= 4 is 29.2 Å². The number of aromatic nitrogens is 2. The van der Waals surface area contributed by atoms with Gasteiger partial charge in [-0.1, -0.05) is 12.1 Å². The fourth-order valence-corrected chi connectivity index (χ4v) is 7.03. The second-order valence-corrected chi connectivity index (χ2v) is 12.3. The van der Waals surface area contributed by atoms with Crippen LogP contribution >= 0.6 is 11.5 Å². The Balaban J connectivity index is 1.19. The minimum Gasteiger partial charge on any atom is -0.488 e. The molecule has 1 N–H and O–H groups in total. The molecule has 0 radical (unpaired) electrons. The van der Waals surface area contributed by atoms with E-state index < -0.39 is 17.9 Å². The molecule has 0 bridgehead atoms. The van der Waals surface area contributed by atoms with Gasteiger partial charge in [-0.2, -0.15) is 4.37 Å². The van der Waals surface area contributed by atoms with Gasteiger partial charge in [0, 0.05) is 44.1 Å². The lowest BCUT2D eigenvalue weighted by molar-refractivity contribution is -0.157. The monoisotopic (exact) mass is 585 g/mol. The average Bonchev–Trinajstić information content (AvgIpc) is 3.58. The highest BCUT2D eigenvalue weighted by atomic mass is 32.1. The maximum Gasteiger partial charge on any atom is 0.321 e. The Morgan fingerprint density at radius 1 is 1.12 bits per heavy atom. The number of anilines is 1. The molecule has 12 heteroatoms. The third-order valence-electron chi connectivity index (χ3n) is 8.66. The number of halogens is 3. The molecule has 2 aromatic carbocycles. The van der Waals surface area contributed by atoms with E-state index in [2.05, 4.69) is 14.7 Å². The second kappa shape index (κ2) is 10.3. The molecule has 2 saturated heterocycles. The number of amides is 3. The molecule has 2 aliphatic heterocycles. The number of rotatable bonds is 6. The third-order valence-corrected chi connectivity index (χ3v) is 9.53. The number of ether oxygens (including phenoxy) is 1. The van der Waals surface area contributed by atoms with Crippen LogP contribution in [-0.2, 0) is 10.2 Å². The summed E-state index contributed by atoms with van der Waals surface area (Å²) in [7, 11) is 0. The van der Waals surface area contributed by atoms with E-state index in [0.29, 0.717) is 47.9 Å². The molecule has 3 amide bonds. The van der Waals surface area contributed by atoms with Crippen molar-refractivity contribution in [3.05, 3.63) is 70.2 Å². The van der Waals surface area contributed by atoms with E-state index in [1.54, 1.807) is 29.7 Å². The molecule has 1 atom stereocenters. The predicted molar refractivity (Wildman–Crippen MR) is 147 cm³/mol. The van der Waals surface area contributed by atoms with E-state index >= 15 is 0 Å². The van der Waals surface area contributed by atoms with Gasteiger partial charge in [0.05, 0.1) is 11.1 Å². The van der Waals surface area contributed by atoms with Crippen LogP contribution in [0.5, 0.6) is 5.75 Å². The summed E-state index contributed by atoms with van der Waals surface area (Å²) in [5, 5.41) is 3.47.